The minimum absolute atomic E-state index is 0.00133. The van der Waals surface area contributed by atoms with Crippen LogP contribution in [0.4, 0.5) is 0 Å². The first-order chi connectivity index (χ1) is 12.6. The minimum atomic E-state index is -0.320. The molecule has 0 saturated heterocycles. The molecule has 0 atom stereocenters. The maximum absolute atomic E-state index is 12.9. The van der Waals surface area contributed by atoms with Crippen molar-refractivity contribution in [3.8, 4) is 11.5 Å². The van der Waals surface area contributed by atoms with Crippen LogP contribution in [0.25, 0.3) is 16.6 Å². The van der Waals surface area contributed by atoms with E-state index in [1.165, 1.54) is 24.8 Å². The average molecular weight is 357 g/mol. The predicted molar refractivity (Wildman–Crippen MR) is 96.1 cm³/mol. The van der Waals surface area contributed by atoms with Gasteiger partial charge in [0.15, 0.2) is 11.5 Å². The molecular weight excluding hydrogens is 338 g/mol. The van der Waals surface area contributed by atoms with E-state index in [1.807, 2.05) is 0 Å². The molecular formula is C18H19N3O5. The van der Waals surface area contributed by atoms with Crippen LogP contribution >= 0.6 is 0 Å². The van der Waals surface area contributed by atoms with E-state index in [4.69, 9.17) is 14.6 Å². The van der Waals surface area contributed by atoms with E-state index < -0.39 is 0 Å². The van der Waals surface area contributed by atoms with Gasteiger partial charge in [-0.1, -0.05) is 0 Å². The van der Waals surface area contributed by atoms with Crippen LogP contribution in [0.2, 0.25) is 0 Å². The number of carbonyl (C=O) groups is 1. The number of hydrogen-bond acceptors (Lipinski definition) is 6. The first kappa shape index (κ1) is 17.7. The molecule has 0 unspecified atom stereocenters. The summed E-state index contributed by atoms with van der Waals surface area (Å²) in [5.41, 5.74) is 0.921. The Hall–Kier alpha value is -3.13. The highest BCUT2D eigenvalue weighted by atomic mass is 16.5. The normalized spacial score (nSPS) is 10.9. The highest BCUT2D eigenvalue weighted by Crippen LogP contribution is 2.30. The SMILES string of the molecule is COc1cc2nc3ccc(C(=O)NCCCO)cn3c(=O)c2cc1OC. The Bertz CT molecular complexity index is 1030. The maximum Gasteiger partial charge on any atom is 0.265 e. The summed E-state index contributed by atoms with van der Waals surface area (Å²) in [6.07, 6.45) is 1.92. The van der Waals surface area contributed by atoms with E-state index in [1.54, 1.807) is 24.3 Å². The van der Waals surface area contributed by atoms with E-state index in [0.29, 0.717) is 46.6 Å². The molecule has 3 rings (SSSR count). The second-order valence-corrected chi connectivity index (χ2v) is 5.62. The number of pyridine rings is 1. The molecule has 2 N–H and O–H groups in total. The van der Waals surface area contributed by atoms with Gasteiger partial charge in [-0.15, -0.1) is 0 Å². The molecule has 136 valence electrons. The molecule has 1 aromatic carbocycles. The van der Waals surface area contributed by atoms with Crippen LogP contribution in [-0.2, 0) is 0 Å². The van der Waals surface area contributed by atoms with Gasteiger partial charge < -0.3 is 19.9 Å². The Morgan fingerprint density at radius 2 is 1.96 bits per heavy atom. The number of aliphatic hydroxyl groups is 1. The van der Waals surface area contributed by atoms with Gasteiger partial charge in [0.25, 0.3) is 11.5 Å². The second-order valence-electron chi connectivity index (χ2n) is 5.62. The number of nitrogens with zero attached hydrogens (tertiary/aromatic N) is 2. The second kappa shape index (κ2) is 7.40. The minimum Gasteiger partial charge on any atom is -0.493 e. The summed E-state index contributed by atoms with van der Waals surface area (Å²) < 4.78 is 11.8. The Kier molecular flexibility index (Phi) is 5.04. The van der Waals surface area contributed by atoms with Crippen LogP contribution in [-0.4, -0.2) is 47.8 Å². The smallest absolute Gasteiger partial charge is 0.265 e. The molecule has 26 heavy (non-hydrogen) atoms. The van der Waals surface area contributed by atoms with Gasteiger partial charge in [0.05, 0.1) is 30.7 Å². The largest absolute Gasteiger partial charge is 0.493 e. The zero-order valence-corrected chi connectivity index (χ0v) is 14.5. The highest BCUT2D eigenvalue weighted by Gasteiger charge is 2.13. The van der Waals surface area contributed by atoms with Crippen molar-refractivity contribution in [2.24, 2.45) is 0 Å². The van der Waals surface area contributed by atoms with Crippen LogP contribution in [0, 0.1) is 0 Å². The standard InChI is InChI=1S/C18H19N3O5/c1-25-14-8-12-13(9-15(14)26-2)20-16-5-4-11(10-21(16)18(12)24)17(23)19-6-3-7-22/h4-5,8-10,22H,3,6-7H2,1-2H3,(H,19,23). The van der Waals surface area contributed by atoms with Crippen LogP contribution in [0.15, 0.2) is 35.3 Å². The van der Waals surface area contributed by atoms with Crippen molar-refractivity contribution in [2.75, 3.05) is 27.4 Å². The molecule has 0 fully saturated rings. The van der Waals surface area contributed by atoms with Gasteiger partial charge in [-0.3, -0.25) is 14.0 Å². The summed E-state index contributed by atoms with van der Waals surface area (Å²) in [5.74, 6) is 0.590. The highest BCUT2D eigenvalue weighted by molar-refractivity contribution is 5.94. The molecule has 8 nitrogen and oxygen atoms in total. The van der Waals surface area contributed by atoms with Crippen molar-refractivity contribution in [2.45, 2.75) is 6.42 Å². The number of methoxy groups -OCH3 is 2. The lowest BCUT2D eigenvalue weighted by atomic mass is 10.2. The van der Waals surface area contributed by atoms with Crippen molar-refractivity contribution in [1.29, 1.82) is 0 Å². The van der Waals surface area contributed by atoms with Crippen LogP contribution in [0.3, 0.4) is 0 Å². The number of rotatable bonds is 6. The van der Waals surface area contributed by atoms with Gasteiger partial charge in [-0.25, -0.2) is 4.98 Å². The number of amides is 1. The zero-order chi connectivity index (χ0) is 18.7. The summed E-state index contributed by atoms with van der Waals surface area (Å²) in [5, 5.41) is 11.8. The number of ether oxygens (including phenoxy) is 2. The summed E-state index contributed by atoms with van der Waals surface area (Å²) in [6.45, 7) is 0.355. The Balaban J connectivity index is 2.11. The molecule has 8 heteroatoms. The molecule has 0 spiro atoms. The third kappa shape index (κ3) is 3.18. The number of hydrogen-bond donors (Lipinski definition) is 2. The summed E-state index contributed by atoms with van der Waals surface area (Å²) in [6, 6.07) is 6.43. The fourth-order valence-electron chi connectivity index (χ4n) is 2.65. The Labute approximate surface area is 149 Å². The van der Waals surface area contributed by atoms with Crippen LogP contribution < -0.4 is 20.3 Å². The zero-order valence-electron chi connectivity index (χ0n) is 14.5. The van der Waals surface area contributed by atoms with Gasteiger partial charge in [0.2, 0.25) is 0 Å². The van der Waals surface area contributed by atoms with Crippen molar-refractivity contribution in [3.63, 3.8) is 0 Å². The van der Waals surface area contributed by atoms with E-state index in [0.717, 1.165) is 0 Å². The third-order valence-electron chi connectivity index (χ3n) is 4.00. The van der Waals surface area contributed by atoms with Gasteiger partial charge >= 0.3 is 0 Å². The lowest BCUT2D eigenvalue weighted by Crippen LogP contribution is -2.26. The topological polar surface area (TPSA) is 102 Å². The molecule has 0 aliphatic rings. The third-order valence-corrected chi connectivity index (χ3v) is 4.00. The molecule has 2 heterocycles. The summed E-state index contributed by atoms with van der Waals surface area (Å²) >= 11 is 0. The lowest BCUT2D eigenvalue weighted by molar-refractivity contribution is 0.0950. The van der Waals surface area contributed by atoms with Crippen molar-refractivity contribution in [3.05, 3.63) is 46.4 Å². The van der Waals surface area contributed by atoms with Gasteiger partial charge in [-0.2, -0.15) is 0 Å². The monoisotopic (exact) mass is 357 g/mol. The Morgan fingerprint density at radius 3 is 2.65 bits per heavy atom. The maximum atomic E-state index is 12.9. The molecule has 3 aromatic rings. The summed E-state index contributed by atoms with van der Waals surface area (Å²) in [7, 11) is 3.00. The lowest BCUT2D eigenvalue weighted by Gasteiger charge is -2.10. The van der Waals surface area contributed by atoms with Crippen LogP contribution in [0.1, 0.15) is 16.8 Å². The van der Waals surface area contributed by atoms with E-state index >= 15 is 0 Å². The average Bonchev–Trinajstić information content (AvgIpc) is 2.67. The van der Waals surface area contributed by atoms with E-state index in [2.05, 4.69) is 10.3 Å². The number of aliphatic hydroxyl groups excluding tert-OH is 1. The van der Waals surface area contributed by atoms with Crippen LogP contribution in [0.5, 0.6) is 11.5 Å². The molecule has 0 bridgehead atoms. The number of nitrogens with one attached hydrogen (secondary N) is 1. The van der Waals surface area contributed by atoms with Gasteiger partial charge in [0.1, 0.15) is 5.65 Å². The van der Waals surface area contributed by atoms with Gasteiger partial charge in [0, 0.05) is 25.4 Å². The summed E-state index contributed by atoms with van der Waals surface area (Å²) in [4.78, 5) is 29.5. The number of carbonyl (C=O) groups excluding carboxylic acids is 1. The fraction of sp³-hybridized carbons (Fsp3) is 0.278. The molecule has 0 aliphatic heterocycles. The molecule has 2 aromatic heterocycles. The number of aromatic nitrogens is 2. The number of fused-ring (bicyclic) bond motifs is 2. The fourth-order valence-corrected chi connectivity index (χ4v) is 2.65. The first-order valence-corrected chi connectivity index (χ1v) is 8.06. The Morgan fingerprint density at radius 1 is 1.23 bits per heavy atom. The van der Waals surface area contributed by atoms with E-state index in [-0.39, 0.29) is 18.1 Å². The first-order valence-electron chi connectivity index (χ1n) is 8.06. The van der Waals surface area contributed by atoms with Gasteiger partial charge in [-0.05, 0) is 24.6 Å². The van der Waals surface area contributed by atoms with Crippen molar-refractivity contribution < 1.29 is 19.4 Å². The molecule has 0 radical (unpaired) electrons. The van der Waals surface area contributed by atoms with E-state index in [9.17, 15) is 9.59 Å². The molecule has 0 saturated carbocycles. The molecule has 0 aliphatic carbocycles. The molecule has 1 amide bonds. The van der Waals surface area contributed by atoms with Crippen molar-refractivity contribution in [1.82, 2.24) is 14.7 Å². The number of benzene rings is 1. The van der Waals surface area contributed by atoms with Crippen molar-refractivity contribution >= 4 is 22.5 Å². The predicted octanol–water partition coefficient (Wildman–Crippen LogP) is 0.977. The quantitative estimate of drug-likeness (QED) is 0.504.